The number of urea groups is 1. The van der Waals surface area contributed by atoms with Gasteiger partial charge in [0.1, 0.15) is 16.9 Å². The van der Waals surface area contributed by atoms with Crippen LogP contribution in [0.5, 0.6) is 0 Å². The second-order valence-corrected chi connectivity index (χ2v) is 6.77. The van der Waals surface area contributed by atoms with Gasteiger partial charge in [0.15, 0.2) is 0 Å². The van der Waals surface area contributed by atoms with E-state index in [1.807, 2.05) is 13.8 Å². The molecule has 0 spiro atoms. The maximum absolute atomic E-state index is 13.1. The fourth-order valence-electron chi connectivity index (χ4n) is 2.55. The van der Waals surface area contributed by atoms with Gasteiger partial charge in [-0.2, -0.15) is 0 Å². The zero-order valence-corrected chi connectivity index (χ0v) is 13.9. The summed E-state index contributed by atoms with van der Waals surface area (Å²) < 4.78 is 13.1. The van der Waals surface area contributed by atoms with Crippen LogP contribution >= 0.6 is 11.3 Å². The maximum Gasteiger partial charge on any atom is 0.332 e. The smallest absolute Gasteiger partial charge is 0.282 e. The molecule has 1 unspecified atom stereocenters. The molecule has 3 amide bonds. The molecule has 0 N–H and O–H groups in total. The molecule has 0 saturated carbocycles. The van der Waals surface area contributed by atoms with Crippen molar-refractivity contribution in [3.05, 3.63) is 45.7 Å². The Morgan fingerprint density at radius 1 is 1.22 bits per heavy atom. The molecule has 0 aliphatic carbocycles. The molecular formula is C16H16FN3O2S. The minimum Gasteiger partial charge on any atom is -0.282 e. The monoisotopic (exact) mass is 333 g/mol. The van der Waals surface area contributed by atoms with E-state index < -0.39 is 12.1 Å². The first-order valence-electron chi connectivity index (χ1n) is 7.21. The minimum atomic E-state index is -0.616. The highest BCUT2D eigenvalue weighted by Gasteiger charge is 2.43. The highest BCUT2D eigenvalue weighted by Crippen LogP contribution is 2.28. The number of anilines is 1. The van der Waals surface area contributed by atoms with E-state index in [9.17, 15) is 14.0 Å². The van der Waals surface area contributed by atoms with E-state index >= 15 is 0 Å². The predicted octanol–water partition coefficient (Wildman–Crippen LogP) is 3.26. The molecule has 0 radical (unpaired) electrons. The zero-order chi connectivity index (χ0) is 16.7. The SMILES string of the molecule is Cc1nc(CN2C(=O)C(C)N(c3ccc(F)cc3)C2=O)sc1C. The lowest BCUT2D eigenvalue weighted by Gasteiger charge is -2.19. The van der Waals surface area contributed by atoms with Gasteiger partial charge in [0.05, 0.1) is 12.2 Å². The fourth-order valence-corrected chi connectivity index (χ4v) is 3.47. The summed E-state index contributed by atoms with van der Waals surface area (Å²) in [5, 5.41) is 0.731. The number of carbonyl (C=O) groups excluding carboxylic acids is 2. The summed E-state index contributed by atoms with van der Waals surface area (Å²) in [7, 11) is 0. The summed E-state index contributed by atoms with van der Waals surface area (Å²) in [6.07, 6.45) is 0. The van der Waals surface area contributed by atoms with Crippen LogP contribution in [0.4, 0.5) is 14.9 Å². The molecule has 0 bridgehead atoms. The second kappa shape index (κ2) is 5.73. The number of rotatable bonds is 3. The Bertz CT molecular complexity index is 753. The summed E-state index contributed by atoms with van der Waals surface area (Å²) >= 11 is 1.48. The summed E-state index contributed by atoms with van der Waals surface area (Å²) in [5.74, 6) is -0.658. The Labute approximate surface area is 137 Å². The van der Waals surface area contributed by atoms with Gasteiger partial charge in [-0.1, -0.05) is 0 Å². The third kappa shape index (κ3) is 2.72. The van der Waals surface area contributed by atoms with Gasteiger partial charge >= 0.3 is 6.03 Å². The van der Waals surface area contributed by atoms with Crippen LogP contribution in [-0.4, -0.2) is 27.9 Å². The van der Waals surface area contributed by atoms with Gasteiger partial charge in [-0.05, 0) is 45.0 Å². The van der Waals surface area contributed by atoms with Gasteiger partial charge in [-0.25, -0.2) is 14.2 Å². The summed E-state index contributed by atoms with van der Waals surface area (Å²) in [6, 6.07) is 4.53. The fraction of sp³-hybridized carbons (Fsp3) is 0.312. The van der Waals surface area contributed by atoms with Crippen LogP contribution in [0.25, 0.3) is 0 Å². The Balaban J connectivity index is 1.87. The minimum absolute atomic E-state index is 0.166. The van der Waals surface area contributed by atoms with Crippen LogP contribution < -0.4 is 4.90 Å². The Kier molecular flexibility index (Phi) is 3.89. The van der Waals surface area contributed by atoms with E-state index in [0.29, 0.717) is 5.69 Å². The molecule has 1 atom stereocenters. The van der Waals surface area contributed by atoms with Crippen molar-refractivity contribution in [1.82, 2.24) is 9.88 Å². The lowest BCUT2D eigenvalue weighted by molar-refractivity contribution is -0.127. The lowest BCUT2D eigenvalue weighted by Crippen LogP contribution is -2.33. The molecule has 1 aromatic carbocycles. The molecule has 1 fully saturated rings. The number of hydrogen-bond acceptors (Lipinski definition) is 4. The highest BCUT2D eigenvalue weighted by atomic mass is 32.1. The number of nitrogens with zero attached hydrogens (tertiary/aromatic N) is 3. The third-order valence-corrected chi connectivity index (χ3v) is 4.98. The molecule has 7 heteroatoms. The van der Waals surface area contributed by atoms with Gasteiger partial charge in [0, 0.05) is 10.6 Å². The van der Waals surface area contributed by atoms with E-state index in [0.717, 1.165) is 15.6 Å². The van der Waals surface area contributed by atoms with Crippen LogP contribution in [-0.2, 0) is 11.3 Å². The van der Waals surface area contributed by atoms with Gasteiger partial charge in [-0.15, -0.1) is 11.3 Å². The molecule has 23 heavy (non-hydrogen) atoms. The zero-order valence-electron chi connectivity index (χ0n) is 13.0. The largest absolute Gasteiger partial charge is 0.332 e. The highest BCUT2D eigenvalue weighted by molar-refractivity contribution is 7.11. The first kappa shape index (κ1) is 15.6. The molecule has 120 valence electrons. The quantitative estimate of drug-likeness (QED) is 0.810. The second-order valence-electron chi connectivity index (χ2n) is 5.48. The number of thiazole rings is 1. The Morgan fingerprint density at radius 3 is 2.43 bits per heavy atom. The number of aromatic nitrogens is 1. The van der Waals surface area contributed by atoms with Crippen molar-refractivity contribution < 1.29 is 14.0 Å². The van der Waals surface area contributed by atoms with Gasteiger partial charge < -0.3 is 0 Å². The Hall–Kier alpha value is -2.28. The molecule has 3 rings (SSSR count). The third-order valence-electron chi connectivity index (χ3n) is 3.92. The number of benzene rings is 1. The number of carbonyl (C=O) groups is 2. The van der Waals surface area contributed by atoms with Crippen molar-refractivity contribution in [2.24, 2.45) is 0 Å². The first-order valence-corrected chi connectivity index (χ1v) is 8.03. The average Bonchev–Trinajstić information content (AvgIpc) is 2.93. The standard InChI is InChI=1S/C16H16FN3O2S/c1-9-11(3)23-14(18-9)8-19-15(21)10(2)20(16(19)22)13-6-4-12(17)5-7-13/h4-7,10H,8H2,1-3H3. The molecule has 1 saturated heterocycles. The number of aryl methyl sites for hydroxylation is 2. The number of imide groups is 1. The van der Waals surface area contributed by atoms with Crippen LogP contribution in [0.15, 0.2) is 24.3 Å². The first-order chi connectivity index (χ1) is 10.9. The summed E-state index contributed by atoms with van der Waals surface area (Å²) in [6.45, 7) is 5.69. The van der Waals surface area contributed by atoms with E-state index in [1.54, 1.807) is 6.92 Å². The molecule has 2 aromatic rings. The molecule has 1 aliphatic rings. The molecule has 1 aromatic heterocycles. The van der Waals surface area contributed by atoms with Gasteiger partial charge in [0.25, 0.3) is 5.91 Å². The van der Waals surface area contributed by atoms with Crippen molar-refractivity contribution in [1.29, 1.82) is 0 Å². The molecule has 5 nitrogen and oxygen atoms in total. The lowest BCUT2D eigenvalue weighted by atomic mass is 10.2. The number of hydrogen-bond donors (Lipinski definition) is 0. The van der Waals surface area contributed by atoms with Gasteiger partial charge in [0.2, 0.25) is 0 Å². The maximum atomic E-state index is 13.1. The molecule has 2 heterocycles. The van der Waals surface area contributed by atoms with E-state index in [4.69, 9.17) is 0 Å². The van der Waals surface area contributed by atoms with Crippen molar-refractivity contribution in [3.63, 3.8) is 0 Å². The number of halogens is 1. The van der Waals surface area contributed by atoms with Crippen molar-refractivity contribution in [2.45, 2.75) is 33.4 Å². The summed E-state index contributed by atoms with van der Waals surface area (Å²) in [5.41, 5.74) is 1.42. The molecule has 1 aliphatic heterocycles. The summed E-state index contributed by atoms with van der Waals surface area (Å²) in [4.78, 5) is 33.1. The van der Waals surface area contributed by atoms with Crippen LogP contribution in [0, 0.1) is 19.7 Å². The van der Waals surface area contributed by atoms with Crippen LogP contribution in [0.3, 0.4) is 0 Å². The van der Waals surface area contributed by atoms with E-state index in [-0.39, 0.29) is 18.3 Å². The topological polar surface area (TPSA) is 53.5 Å². The Morgan fingerprint density at radius 2 is 1.87 bits per heavy atom. The van der Waals surface area contributed by atoms with E-state index in [1.165, 1.54) is 45.4 Å². The normalized spacial score (nSPS) is 18.2. The van der Waals surface area contributed by atoms with Crippen LogP contribution in [0.2, 0.25) is 0 Å². The van der Waals surface area contributed by atoms with Crippen molar-refractivity contribution in [2.75, 3.05) is 4.90 Å². The van der Waals surface area contributed by atoms with Crippen molar-refractivity contribution in [3.8, 4) is 0 Å². The molecular weight excluding hydrogens is 317 g/mol. The average molecular weight is 333 g/mol. The van der Waals surface area contributed by atoms with Crippen molar-refractivity contribution >= 4 is 29.0 Å². The van der Waals surface area contributed by atoms with Gasteiger partial charge in [-0.3, -0.25) is 14.6 Å². The number of amides is 3. The van der Waals surface area contributed by atoms with Crippen LogP contribution in [0.1, 0.15) is 22.5 Å². The van der Waals surface area contributed by atoms with E-state index in [2.05, 4.69) is 4.98 Å². The predicted molar refractivity (Wildman–Crippen MR) is 85.9 cm³/mol.